The molecule has 0 bridgehead atoms. The van der Waals surface area contributed by atoms with Crippen molar-refractivity contribution in [3.8, 4) is 17.2 Å². The molecule has 0 saturated carbocycles. The van der Waals surface area contributed by atoms with Gasteiger partial charge in [0.2, 0.25) is 5.75 Å². The molecule has 1 aliphatic rings. The molecule has 1 N–H and O–H groups in total. The van der Waals surface area contributed by atoms with E-state index in [1.807, 2.05) is 25.7 Å². The van der Waals surface area contributed by atoms with Crippen LogP contribution in [0.3, 0.4) is 0 Å². The Kier molecular flexibility index (Phi) is 8.31. The Labute approximate surface area is 192 Å². The number of nitro benzene ring substituents is 1. The molecule has 0 atom stereocenters. The van der Waals surface area contributed by atoms with Crippen LogP contribution < -0.4 is 24.4 Å². The van der Waals surface area contributed by atoms with Crippen molar-refractivity contribution in [3.05, 3.63) is 46.0 Å². The predicted molar refractivity (Wildman–Crippen MR) is 124 cm³/mol. The van der Waals surface area contributed by atoms with Crippen molar-refractivity contribution < 1.29 is 28.7 Å². The zero-order chi connectivity index (χ0) is 23.8. The van der Waals surface area contributed by atoms with E-state index in [-0.39, 0.29) is 11.3 Å². The molecule has 0 unspecified atom stereocenters. The maximum atomic E-state index is 13.0. The molecule has 0 spiro atoms. The lowest BCUT2D eigenvalue weighted by Gasteiger charge is -2.28. The molecule has 0 radical (unpaired) electrons. The molecule has 0 aliphatic carbocycles. The Morgan fingerprint density at radius 3 is 2.18 bits per heavy atom. The number of nitrogens with one attached hydrogen (secondary N) is 1. The largest absolute Gasteiger partial charge is 0.490 e. The minimum absolute atomic E-state index is 0.0774. The summed E-state index contributed by atoms with van der Waals surface area (Å²) in [5, 5.41) is 14.4. The van der Waals surface area contributed by atoms with Gasteiger partial charge in [-0.25, -0.2) is 0 Å². The molecule has 1 saturated heterocycles. The number of carbonyl (C=O) groups is 1. The SMILES string of the molecule is CCOc1cc(C(=O)Nc2ccc(N3CCOCC3)c([N+](=O)[O-])c2)cc(OCC)c1OCC. The van der Waals surface area contributed by atoms with E-state index < -0.39 is 10.8 Å². The summed E-state index contributed by atoms with van der Waals surface area (Å²) in [6.45, 7) is 8.84. The lowest BCUT2D eigenvalue weighted by Crippen LogP contribution is -2.36. The molecular formula is C23H29N3O7. The Bertz CT molecular complexity index is 963. The smallest absolute Gasteiger partial charge is 0.294 e. The van der Waals surface area contributed by atoms with Crippen LogP contribution in [0.2, 0.25) is 0 Å². The van der Waals surface area contributed by atoms with Gasteiger partial charge in [-0.3, -0.25) is 14.9 Å². The van der Waals surface area contributed by atoms with E-state index in [9.17, 15) is 14.9 Å². The van der Waals surface area contributed by atoms with E-state index in [4.69, 9.17) is 18.9 Å². The second kappa shape index (κ2) is 11.4. The first kappa shape index (κ1) is 24.1. The molecule has 1 amide bonds. The third-order valence-corrected chi connectivity index (χ3v) is 4.95. The number of morpholine rings is 1. The molecule has 2 aromatic rings. The van der Waals surface area contributed by atoms with Gasteiger partial charge in [-0.1, -0.05) is 0 Å². The van der Waals surface area contributed by atoms with Gasteiger partial charge in [0.1, 0.15) is 5.69 Å². The van der Waals surface area contributed by atoms with E-state index >= 15 is 0 Å². The van der Waals surface area contributed by atoms with Gasteiger partial charge < -0.3 is 29.2 Å². The van der Waals surface area contributed by atoms with Crippen LogP contribution in [0.5, 0.6) is 17.2 Å². The lowest BCUT2D eigenvalue weighted by atomic mass is 10.1. The van der Waals surface area contributed by atoms with Crippen LogP contribution in [0.25, 0.3) is 0 Å². The normalized spacial score (nSPS) is 13.4. The van der Waals surface area contributed by atoms with Gasteiger partial charge in [0.25, 0.3) is 11.6 Å². The maximum absolute atomic E-state index is 13.0. The van der Waals surface area contributed by atoms with Crippen LogP contribution in [0.1, 0.15) is 31.1 Å². The van der Waals surface area contributed by atoms with Crippen LogP contribution in [-0.4, -0.2) is 57.0 Å². The number of hydrogen-bond acceptors (Lipinski definition) is 8. The summed E-state index contributed by atoms with van der Waals surface area (Å²) < 4.78 is 22.3. The first-order valence-electron chi connectivity index (χ1n) is 11.0. The van der Waals surface area contributed by atoms with Crippen LogP contribution in [0.15, 0.2) is 30.3 Å². The highest BCUT2D eigenvalue weighted by atomic mass is 16.6. The molecule has 10 heteroatoms. The van der Waals surface area contributed by atoms with E-state index in [0.29, 0.717) is 74.7 Å². The molecule has 1 heterocycles. The van der Waals surface area contributed by atoms with Crippen molar-refractivity contribution in [3.63, 3.8) is 0 Å². The zero-order valence-electron chi connectivity index (χ0n) is 19.1. The van der Waals surface area contributed by atoms with Gasteiger partial charge in [-0.05, 0) is 45.0 Å². The highest BCUT2D eigenvalue weighted by Gasteiger charge is 2.23. The summed E-state index contributed by atoms with van der Waals surface area (Å²) in [4.78, 5) is 26.2. The van der Waals surface area contributed by atoms with Gasteiger partial charge in [0.15, 0.2) is 11.5 Å². The Hall–Kier alpha value is -3.53. The Balaban J connectivity index is 1.89. The number of benzene rings is 2. The lowest BCUT2D eigenvalue weighted by molar-refractivity contribution is -0.384. The minimum atomic E-state index is -0.451. The summed E-state index contributed by atoms with van der Waals surface area (Å²) in [6.07, 6.45) is 0. The molecule has 10 nitrogen and oxygen atoms in total. The first-order valence-corrected chi connectivity index (χ1v) is 11.0. The topological polar surface area (TPSA) is 112 Å². The fourth-order valence-corrected chi connectivity index (χ4v) is 3.54. The summed E-state index contributed by atoms with van der Waals surface area (Å²) in [7, 11) is 0. The quantitative estimate of drug-likeness (QED) is 0.421. The summed E-state index contributed by atoms with van der Waals surface area (Å²) in [5.74, 6) is 0.768. The van der Waals surface area contributed by atoms with Gasteiger partial charge >= 0.3 is 0 Å². The monoisotopic (exact) mass is 459 g/mol. The summed E-state index contributed by atoms with van der Waals surface area (Å²) in [5.41, 5.74) is 1.02. The van der Waals surface area contributed by atoms with Crippen LogP contribution >= 0.6 is 0 Å². The molecule has 0 aromatic heterocycles. The van der Waals surface area contributed by atoms with Gasteiger partial charge in [0.05, 0.1) is 38.0 Å². The minimum Gasteiger partial charge on any atom is -0.490 e. The van der Waals surface area contributed by atoms with Crippen molar-refractivity contribution >= 4 is 23.0 Å². The fourth-order valence-electron chi connectivity index (χ4n) is 3.54. The van der Waals surface area contributed by atoms with Crippen LogP contribution in [0.4, 0.5) is 17.1 Å². The van der Waals surface area contributed by atoms with Crippen molar-refractivity contribution in [2.45, 2.75) is 20.8 Å². The van der Waals surface area contributed by atoms with Gasteiger partial charge in [0, 0.05) is 30.4 Å². The number of rotatable bonds is 10. The Morgan fingerprint density at radius 2 is 1.64 bits per heavy atom. The van der Waals surface area contributed by atoms with Gasteiger partial charge in [-0.15, -0.1) is 0 Å². The van der Waals surface area contributed by atoms with Crippen LogP contribution in [-0.2, 0) is 4.74 Å². The summed E-state index contributed by atoms with van der Waals surface area (Å²) in [6, 6.07) is 7.81. The number of anilines is 2. The van der Waals surface area contributed by atoms with E-state index in [0.717, 1.165) is 0 Å². The molecular weight excluding hydrogens is 430 g/mol. The fraction of sp³-hybridized carbons (Fsp3) is 0.435. The number of ether oxygens (including phenoxy) is 4. The molecule has 3 rings (SSSR count). The highest BCUT2D eigenvalue weighted by molar-refractivity contribution is 6.05. The molecule has 2 aromatic carbocycles. The average molecular weight is 459 g/mol. The first-order chi connectivity index (χ1) is 16.0. The number of carbonyl (C=O) groups excluding carboxylic acids is 1. The Morgan fingerprint density at radius 1 is 1.03 bits per heavy atom. The molecule has 33 heavy (non-hydrogen) atoms. The number of hydrogen-bond donors (Lipinski definition) is 1. The second-order valence-corrected chi connectivity index (χ2v) is 7.11. The third kappa shape index (κ3) is 5.83. The van der Waals surface area contributed by atoms with Crippen LogP contribution in [0, 0.1) is 10.1 Å². The third-order valence-electron chi connectivity index (χ3n) is 4.95. The standard InChI is InChI=1S/C23H29N3O7/c1-4-31-20-13-16(14-21(32-5-2)22(20)33-6-3)23(27)24-17-7-8-18(19(15-17)26(28)29)25-9-11-30-12-10-25/h7-8,13-15H,4-6,9-12H2,1-3H3,(H,24,27). The van der Waals surface area contributed by atoms with E-state index in [1.165, 1.54) is 6.07 Å². The maximum Gasteiger partial charge on any atom is 0.294 e. The number of nitrogens with zero attached hydrogens (tertiary/aromatic N) is 2. The number of nitro groups is 1. The van der Waals surface area contributed by atoms with Crippen molar-refractivity contribution in [1.29, 1.82) is 0 Å². The summed E-state index contributed by atoms with van der Waals surface area (Å²) >= 11 is 0. The highest BCUT2D eigenvalue weighted by Crippen LogP contribution is 2.39. The van der Waals surface area contributed by atoms with Crippen molar-refractivity contribution in [2.75, 3.05) is 56.3 Å². The van der Waals surface area contributed by atoms with E-state index in [1.54, 1.807) is 24.3 Å². The average Bonchev–Trinajstić information content (AvgIpc) is 2.81. The molecule has 178 valence electrons. The van der Waals surface area contributed by atoms with E-state index in [2.05, 4.69) is 5.32 Å². The molecule has 1 aliphatic heterocycles. The predicted octanol–water partition coefficient (Wildman–Crippen LogP) is 3.88. The van der Waals surface area contributed by atoms with Gasteiger partial charge in [-0.2, -0.15) is 0 Å². The second-order valence-electron chi connectivity index (χ2n) is 7.11. The van der Waals surface area contributed by atoms with Crippen molar-refractivity contribution in [1.82, 2.24) is 0 Å². The van der Waals surface area contributed by atoms with Crippen molar-refractivity contribution in [2.24, 2.45) is 0 Å². The zero-order valence-corrected chi connectivity index (χ0v) is 19.1. The number of amides is 1. The molecule has 1 fully saturated rings.